The standard InChI is InChI=1S/C14H16ClN3O2/c1-14(2,7-13(19)18-10-16-9-17-18)8-20-12-5-3-11(15)4-6-12/h3-6,9-10H,7-8H2,1-2H3. The maximum absolute atomic E-state index is 12.0. The van der Waals surface area contributed by atoms with Crippen molar-refractivity contribution in [3.05, 3.63) is 41.9 Å². The Morgan fingerprint density at radius 2 is 2.05 bits per heavy atom. The Bertz CT molecular complexity index is 565. The third kappa shape index (κ3) is 4.06. The Morgan fingerprint density at radius 3 is 2.65 bits per heavy atom. The summed E-state index contributed by atoms with van der Waals surface area (Å²) < 4.78 is 6.93. The summed E-state index contributed by atoms with van der Waals surface area (Å²) in [6.45, 7) is 4.37. The molecule has 0 aliphatic heterocycles. The van der Waals surface area contributed by atoms with E-state index in [0.29, 0.717) is 18.1 Å². The Labute approximate surface area is 122 Å². The summed E-state index contributed by atoms with van der Waals surface area (Å²) in [6.07, 6.45) is 3.07. The third-order valence-electron chi connectivity index (χ3n) is 2.75. The number of ether oxygens (including phenoxy) is 1. The maximum atomic E-state index is 12.0. The molecule has 5 nitrogen and oxygen atoms in total. The molecule has 1 aromatic heterocycles. The summed E-state index contributed by atoms with van der Waals surface area (Å²) in [5.74, 6) is 0.628. The first kappa shape index (κ1) is 14.5. The zero-order valence-electron chi connectivity index (χ0n) is 11.4. The second-order valence-corrected chi connectivity index (χ2v) is 5.75. The molecule has 1 aromatic carbocycles. The lowest BCUT2D eigenvalue weighted by molar-refractivity contribution is 0.0781. The minimum Gasteiger partial charge on any atom is -0.493 e. The molecule has 0 fully saturated rings. The van der Waals surface area contributed by atoms with Gasteiger partial charge in [0.05, 0.1) is 6.61 Å². The first-order valence-electron chi connectivity index (χ1n) is 6.22. The zero-order chi connectivity index (χ0) is 14.6. The molecule has 106 valence electrons. The number of nitrogens with zero attached hydrogens (tertiary/aromatic N) is 3. The van der Waals surface area contributed by atoms with Crippen LogP contribution in [0.3, 0.4) is 0 Å². The van der Waals surface area contributed by atoms with E-state index < -0.39 is 0 Å². The van der Waals surface area contributed by atoms with Gasteiger partial charge in [-0.1, -0.05) is 25.4 Å². The number of hydrogen-bond donors (Lipinski definition) is 0. The van der Waals surface area contributed by atoms with Gasteiger partial charge < -0.3 is 4.74 Å². The molecular formula is C14H16ClN3O2. The summed E-state index contributed by atoms with van der Waals surface area (Å²) >= 11 is 5.81. The van der Waals surface area contributed by atoms with E-state index in [4.69, 9.17) is 16.3 Å². The Hall–Kier alpha value is -1.88. The van der Waals surface area contributed by atoms with Crippen LogP contribution in [0.5, 0.6) is 5.75 Å². The highest BCUT2D eigenvalue weighted by molar-refractivity contribution is 6.30. The first-order valence-corrected chi connectivity index (χ1v) is 6.60. The molecule has 0 bridgehead atoms. The van der Waals surface area contributed by atoms with Crippen LogP contribution in [0.1, 0.15) is 25.1 Å². The van der Waals surface area contributed by atoms with E-state index in [-0.39, 0.29) is 11.3 Å². The summed E-state index contributed by atoms with van der Waals surface area (Å²) in [6, 6.07) is 7.14. The van der Waals surface area contributed by atoms with Gasteiger partial charge in [-0.15, -0.1) is 0 Å². The molecule has 2 aromatic rings. The first-order chi connectivity index (χ1) is 9.46. The third-order valence-corrected chi connectivity index (χ3v) is 3.00. The Balaban J connectivity index is 1.90. The van der Waals surface area contributed by atoms with Crippen molar-refractivity contribution < 1.29 is 9.53 Å². The van der Waals surface area contributed by atoms with Crippen LogP contribution in [0.25, 0.3) is 0 Å². The van der Waals surface area contributed by atoms with Gasteiger partial charge in [-0.2, -0.15) is 9.78 Å². The van der Waals surface area contributed by atoms with Crippen LogP contribution in [0.15, 0.2) is 36.9 Å². The van der Waals surface area contributed by atoms with Crippen molar-refractivity contribution in [3.63, 3.8) is 0 Å². The lowest BCUT2D eigenvalue weighted by Gasteiger charge is -2.23. The summed E-state index contributed by atoms with van der Waals surface area (Å²) in [5, 5.41) is 4.49. The lowest BCUT2D eigenvalue weighted by Crippen LogP contribution is -2.27. The van der Waals surface area contributed by atoms with Gasteiger partial charge >= 0.3 is 0 Å². The van der Waals surface area contributed by atoms with E-state index in [1.54, 1.807) is 24.3 Å². The SMILES string of the molecule is CC(C)(COc1ccc(Cl)cc1)CC(=O)n1cncn1. The molecule has 0 aliphatic rings. The number of rotatable bonds is 5. The van der Waals surface area contributed by atoms with Gasteiger partial charge in [-0.05, 0) is 24.3 Å². The number of carbonyl (C=O) groups excluding carboxylic acids is 1. The number of aromatic nitrogens is 3. The molecule has 0 atom stereocenters. The minimum atomic E-state index is -0.303. The normalized spacial score (nSPS) is 11.3. The fourth-order valence-electron chi connectivity index (χ4n) is 1.69. The van der Waals surface area contributed by atoms with Crippen LogP contribution in [0.2, 0.25) is 5.02 Å². The number of halogens is 1. The average molecular weight is 294 g/mol. The van der Waals surface area contributed by atoms with Gasteiger partial charge in [0.25, 0.3) is 0 Å². The quantitative estimate of drug-likeness (QED) is 0.850. The van der Waals surface area contributed by atoms with Crippen LogP contribution < -0.4 is 4.74 Å². The average Bonchev–Trinajstić information content (AvgIpc) is 2.91. The van der Waals surface area contributed by atoms with E-state index in [0.717, 1.165) is 5.75 Å². The number of hydrogen-bond acceptors (Lipinski definition) is 4. The van der Waals surface area contributed by atoms with Crippen molar-refractivity contribution in [2.75, 3.05) is 6.61 Å². The fraction of sp³-hybridized carbons (Fsp3) is 0.357. The van der Waals surface area contributed by atoms with E-state index in [1.807, 2.05) is 13.8 Å². The molecule has 6 heteroatoms. The molecule has 0 saturated heterocycles. The van der Waals surface area contributed by atoms with Crippen LogP contribution in [-0.2, 0) is 0 Å². The smallest absolute Gasteiger partial charge is 0.249 e. The molecule has 0 radical (unpaired) electrons. The van der Waals surface area contributed by atoms with Gasteiger partial charge in [-0.3, -0.25) is 4.79 Å². The second kappa shape index (κ2) is 6.05. The van der Waals surface area contributed by atoms with Crippen molar-refractivity contribution in [1.82, 2.24) is 14.8 Å². The Kier molecular flexibility index (Phi) is 4.39. The highest BCUT2D eigenvalue weighted by atomic mass is 35.5. The van der Waals surface area contributed by atoms with Gasteiger partial charge in [0.15, 0.2) is 0 Å². The molecule has 0 saturated carbocycles. The fourth-order valence-corrected chi connectivity index (χ4v) is 1.81. The molecule has 1 heterocycles. The molecule has 0 spiro atoms. The summed E-state index contributed by atoms with van der Waals surface area (Å²) in [7, 11) is 0. The van der Waals surface area contributed by atoms with Crippen LogP contribution >= 0.6 is 11.6 Å². The van der Waals surface area contributed by atoms with Crippen LogP contribution in [0.4, 0.5) is 0 Å². The lowest BCUT2D eigenvalue weighted by atomic mass is 9.90. The predicted molar refractivity (Wildman–Crippen MR) is 76.0 cm³/mol. The van der Waals surface area contributed by atoms with Crippen molar-refractivity contribution in [1.29, 1.82) is 0 Å². The van der Waals surface area contributed by atoms with Crippen LogP contribution in [0, 0.1) is 5.41 Å². The van der Waals surface area contributed by atoms with Crippen molar-refractivity contribution in [2.24, 2.45) is 5.41 Å². The van der Waals surface area contributed by atoms with Crippen molar-refractivity contribution >= 4 is 17.5 Å². The van der Waals surface area contributed by atoms with Crippen LogP contribution in [-0.4, -0.2) is 27.3 Å². The monoisotopic (exact) mass is 293 g/mol. The number of carbonyl (C=O) groups is 1. The van der Waals surface area contributed by atoms with Crippen molar-refractivity contribution in [3.8, 4) is 5.75 Å². The molecule has 0 N–H and O–H groups in total. The summed E-state index contributed by atoms with van der Waals surface area (Å²) in [4.78, 5) is 15.7. The van der Waals surface area contributed by atoms with E-state index in [9.17, 15) is 4.79 Å². The number of benzene rings is 1. The van der Waals surface area contributed by atoms with E-state index in [2.05, 4.69) is 10.1 Å². The second-order valence-electron chi connectivity index (χ2n) is 5.32. The molecule has 2 rings (SSSR count). The summed E-state index contributed by atoms with van der Waals surface area (Å²) in [5.41, 5.74) is -0.303. The van der Waals surface area contributed by atoms with Gasteiger partial charge in [0.1, 0.15) is 18.4 Å². The minimum absolute atomic E-state index is 0.104. The zero-order valence-corrected chi connectivity index (χ0v) is 12.2. The molecule has 0 unspecified atom stereocenters. The van der Waals surface area contributed by atoms with E-state index in [1.165, 1.54) is 17.3 Å². The molecule has 20 heavy (non-hydrogen) atoms. The highest BCUT2D eigenvalue weighted by Gasteiger charge is 2.24. The largest absolute Gasteiger partial charge is 0.493 e. The van der Waals surface area contributed by atoms with Gasteiger partial charge in [0, 0.05) is 16.9 Å². The molecule has 0 amide bonds. The predicted octanol–water partition coefficient (Wildman–Crippen LogP) is 3.07. The van der Waals surface area contributed by atoms with E-state index >= 15 is 0 Å². The Morgan fingerprint density at radius 1 is 1.35 bits per heavy atom. The van der Waals surface area contributed by atoms with Crippen molar-refractivity contribution in [2.45, 2.75) is 20.3 Å². The highest BCUT2D eigenvalue weighted by Crippen LogP contribution is 2.24. The molecular weight excluding hydrogens is 278 g/mol. The maximum Gasteiger partial charge on any atom is 0.249 e. The topological polar surface area (TPSA) is 57.0 Å². The van der Waals surface area contributed by atoms with Gasteiger partial charge in [0.2, 0.25) is 5.91 Å². The molecule has 0 aliphatic carbocycles. The van der Waals surface area contributed by atoms with Gasteiger partial charge in [-0.25, -0.2) is 4.98 Å².